The minimum absolute atomic E-state index is 0.499. The molecule has 1 unspecified atom stereocenters. The molecule has 0 heterocycles. The van der Waals surface area contributed by atoms with Crippen LogP contribution in [-0.2, 0) is 0 Å². The molecule has 0 aromatic carbocycles. The number of rotatable bonds is 5. The van der Waals surface area contributed by atoms with E-state index in [1.165, 1.54) is 24.8 Å². The average molecular weight is 225 g/mol. The second-order valence-electron chi connectivity index (χ2n) is 5.46. The van der Waals surface area contributed by atoms with E-state index in [-0.39, 0.29) is 0 Å². The maximum absolute atomic E-state index is 10.5. The molecule has 2 N–H and O–H groups in total. The van der Waals surface area contributed by atoms with Crippen LogP contribution in [0.25, 0.3) is 0 Å². The third kappa shape index (κ3) is 4.67. The number of aliphatic hydroxyl groups is 1. The van der Waals surface area contributed by atoms with Gasteiger partial charge in [0.15, 0.2) is 0 Å². The Morgan fingerprint density at radius 3 is 2.81 bits per heavy atom. The van der Waals surface area contributed by atoms with Crippen LogP contribution in [-0.4, -0.2) is 23.3 Å². The molecule has 2 nitrogen and oxygen atoms in total. The van der Waals surface area contributed by atoms with Crippen molar-refractivity contribution in [2.45, 2.75) is 70.9 Å². The predicted octanol–water partition coefficient (Wildman–Crippen LogP) is 3.02. The molecule has 1 aliphatic rings. The summed E-state index contributed by atoms with van der Waals surface area (Å²) in [6.07, 6.45) is 9.13. The summed E-state index contributed by atoms with van der Waals surface area (Å²) < 4.78 is 0. The quantitative estimate of drug-likeness (QED) is 0.705. The Bertz CT molecular complexity index is 231. The Morgan fingerprint density at radius 1 is 1.38 bits per heavy atom. The van der Waals surface area contributed by atoms with Crippen molar-refractivity contribution in [1.29, 1.82) is 0 Å². The van der Waals surface area contributed by atoms with Gasteiger partial charge in [0.1, 0.15) is 0 Å². The normalized spacial score (nSPS) is 21.4. The zero-order valence-corrected chi connectivity index (χ0v) is 11.1. The fourth-order valence-corrected chi connectivity index (χ4v) is 2.27. The highest BCUT2D eigenvalue weighted by Gasteiger charge is 2.25. The third-order valence-electron chi connectivity index (χ3n) is 3.40. The van der Waals surface area contributed by atoms with Gasteiger partial charge in [-0.05, 0) is 51.1 Å². The van der Waals surface area contributed by atoms with Gasteiger partial charge >= 0.3 is 0 Å². The van der Waals surface area contributed by atoms with Crippen molar-refractivity contribution in [2.75, 3.05) is 6.54 Å². The Kier molecular flexibility index (Phi) is 5.50. The van der Waals surface area contributed by atoms with Crippen molar-refractivity contribution in [3.05, 3.63) is 11.6 Å². The molecule has 1 aliphatic carbocycles. The van der Waals surface area contributed by atoms with E-state index in [1.807, 2.05) is 6.92 Å². The van der Waals surface area contributed by atoms with Crippen molar-refractivity contribution in [3.63, 3.8) is 0 Å². The summed E-state index contributed by atoms with van der Waals surface area (Å²) in [6.45, 7) is 7.13. The summed E-state index contributed by atoms with van der Waals surface area (Å²) in [6, 6.07) is 0.499. The van der Waals surface area contributed by atoms with Gasteiger partial charge in [0.25, 0.3) is 0 Å². The second-order valence-corrected chi connectivity index (χ2v) is 5.46. The number of nitrogens with one attached hydrogen (secondary N) is 1. The van der Waals surface area contributed by atoms with Gasteiger partial charge in [-0.1, -0.05) is 26.3 Å². The molecule has 0 radical (unpaired) electrons. The average Bonchev–Trinajstić information content (AvgIpc) is 2.44. The molecule has 0 amide bonds. The summed E-state index contributed by atoms with van der Waals surface area (Å²) in [4.78, 5) is 0. The first kappa shape index (κ1) is 13.7. The van der Waals surface area contributed by atoms with Gasteiger partial charge in [-0.15, -0.1) is 0 Å². The van der Waals surface area contributed by atoms with Gasteiger partial charge in [-0.3, -0.25) is 0 Å². The van der Waals surface area contributed by atoms with Crippen LogP contribution >= 0.6 is 0 Å². The summed E-state index contributed by atoms with van der Waals surface area (Å²) in [7, 11) is 0. The van der Waals surface area contributed by atoms with E-state index < -0.39 is 5.60 Å². The van der Waals surface area contributed by atoms with Gasteiger partial charge in [0.2, 0.25) is 0 Å². The maximum atomic E-state index is 10.5. The van der Waals surface area contributed by atoms with Crippen LogP contribution in [0.4, 0.5) is 0 Å². The summed E-state index contributed by atoms with van der Waals surface area (Å²) >= 11 is 0. The van der Waals surface area contributed by atoms with Crippen LogP contribution in [0, 0.1) is 0 Å². The molecule has 0 saturated carbocycles. The lowest BCUT2D eigenvalue weighted by Crippen LogP contribution is -2.34. The SMILES string of the molecule is CC(C)NCCC(C)(O)C1=CCCCCC1. The Balaban J connectivity index is 2.44. The standard InChI is InChI=1S/C14H27NO/c1-12(2)15-11-10-14(3,16)13-8-6-4-5-7-9-13/h8,12,15-16H,4-7,9-11H2,1-3H3. The maximum Gasteiger partial charge on any atom is 0.0840 e. The summed E-state index contributed by atoms with van der Waals surface area (Å²) in [5.41, 5.74) is 0.655. The zero-order chi connectivity index (χ0) is 12.0. The number of hydrogen-bond acceptors (Lipinski definition) is 2. The molecule has 1 rings (SSSR count). The largest absolute Gasteiger partial charge is 0.386 e. The van der Waals surface area contributed by atoms with E-state index in [4.69, 9.17) is 0 Å². The van der Waals surface area contributed by atoms with Crippen molar-refractivity contribution in [3.8, 4) is 0 Å². The van der Waals surface area contributed by atoms with E-state index in [1.54, 1.807) is 0 Å². The van der Waals surface area contributed by atoms with Crippen molar-refractivity contribution >= 4 is 0 Å². The first-order valence-corrected chi connectivity index (χ1v) is 6.67. The molecule has 0 fully saturated rings. The minimum Gasteiger partial charge on any atom is -0.386 e. The minimum atomic E-state index is -0.605. The summed E-state index contributed by atoms with van der Waals surface area (Å²) in [5.74, 6) is 0. The first-order chi connectivity index (χ1) is 7.52. The van der Waals surface area contributed by atoms with Crippen molar-refractivity contribution in [1.82, 2.24) is 5.32 Å². The summed E-state index contributed by atoms with van der Waals surface area (Å²) in [5, 5.41) is 13.8. The molecule has 0 spiro atoms. The molecule has 0 bridgehead atoms. The highest BCUT2D eigenvalue weighted by Crippen LogP contribution is 2.28. The number of allylic oxidation sites excluding steroid dienone is 1. The molecule has 16 heavy (non-hydrogen) atoms. The van der Waals surface area contributed by atoms with E-state index >= 15 is 0 Å². The molecule has 1 atom stereocenters. The van der Waals surface area contributed by atoms with E-state index in [0.29, 0.717) is 6.04 Å². The fraction of sp³-hybridized carbons (Fsp3) is 0.857. The first-order valence-electron chi connectivity index (χ1n) is 6.67. The van der Waals surface area contributed by atoms with Crippen LogP contribution in [0.2, 0.25) is 0 Å². The number of hydrogen-bond donors (Lipinski definition) is 2. The molecular formula is C14H27NO. The fourth-order valence-electron chi connectivity index (χ4n) is 2.27. The smallest absolute Gasteiger partial charge is 0.0840 e. The molecule has 0 aliphatic heterocycles. The monoisotopic (exact) mass is 225 g/mol. The van der Waals surface area contributed by atoms with Crippen LogP contribution in [0.3, 0.4) is 0 Å². The van der Waals surface area contributed by atoms with Crippen LogP contribution in [0.15, 0.2) is 11.6 Å². The highest BCUT2D eigenvalue weighted by atomic mass is 16.3. The lowest BCUT2D eigenvalue weighted by molar-refractivity contribution is 0.0845. The Hall–Kier alpha value is -0.340. The molecule has 0 aromatic rings. The van der Waals surface area contributed by atoms with Gasteiger partial charge < -0.3 is 10.4 Å². The molecular weight excluding hydrogens is 198 g/mol. The van der Waals surface area contributed by atoms with Crippen LogP contribution < -0.4 is 5.32 Å². The van der Waals surface area contributed by atoms with Crippen LogP contribution in [0.1, 0.15) is 59.3 Å². The third-order valence-corrected chi connectivity index (χ3v) is 3.40. The van der Waals surface area contributed by atoms with Gasteiger partial charge in [-0.2, -0.15) is 0 Å². The zero-order valence-electron chi connectivity index (χ0n) is 11.1. The second kappa shape index (κ2) is 6.41. The van der Waals surface area contributed by atoms with Gasteiger partial charge in [-0.25, -0.2) is 0 Å². The molecule has 0 saturated heterocycles. The van der Waals surface area contributed by atoms with E-state index in [2.05, 4.69) is 25.2 Å². The van der Waals surface area contributed by atoms with Crippen molar-refractivity contribution in [2.24, 2.45) is 0 Å². The highest BCUT2D eigenvalue weighted by molar-refractivity contribution is 5.16. The van der Waals surface area contributed by atoms with Crippen molar-refractivity contribution < 1.29 is 5.11 Å². The molecule has 2 heteroatoms. The predicted molar refractivity (Wildman–Crippen MR) is 69.5 cm³/mol. The Morgan fingerprint density at radius 2 is 2.12 bits per heavy atom. The lowest BCUT2D eigenvalue weighted by atomic mass is 9.89. The molecule has 0 aromatic heterocycles. The van der Waals surface area contributed by atoms with Gasteiger partial charge in [0.05, 0.1) is 5.60 Å². The van der Waals surface area contributed by atoms with E-state index in [0.717, 1.165) is 25.8 Å². The Labute approximate surface area is 100 Å². The lowest BCUT2D eigenvalue weighted by Gasteiger charge is -2.27. The van der Waals surface area contributed by atoms with Gasteiger partial charge in [0, 0.05) is 6.04 Å². The molecule has 94 valence electrons. The van der Waals surface area contributed by atoms with Crippen LogP contribution in [0.5, 0.6) is 0 Å². The van der Waals surface area contributed by atoms with E-state index in [9.17, 15) is 5.11 Å². The topological polar surface area (TPSA) is 32.3 Å².